The van der Waals surface area contributed by atoms with Crippen molar-refractivity contribution in [2.75, 3.05) is 13.1 Å². The van der Waals surface area contributed by atoms with Crippen molar-refractivity contribution in [1.29, 1.82) is 5.26 Å². The normalized spacial score (nSPS) is 9.76. The van der Waals surface area contributed by atoms with Gasteiger partial charge < -0.3 is 4.90 Å². The van der Waals surface area contributed by atoms with E-state index in [1.54, 1.807) is 6.92 Å². The number of carbonyl (C=O) groups excluding carboxylic acids is 1. The molecule has 0 radical (unpaired) electrons. The van der Waals surface area contributed by atoms with Crippen molar-refractivity contribution in [2.45, 2.75) is 13.3 Å². The molecular formula is C12H12F2N2O. The number of benzene rings is 1. The average Bonchev–Trinajstić information content (AvgIpc) is 2.33. The first-order chi connectivity index (χ1) is 8.10. The lowest BCUT2D eigenvalue weighted by Crippen LogP contribution is -2.32. The lowest BCUT2D eigenvalue weighted by atomic mass is 10.1. The highest BCUT2D eigenvalue weighted by molar-refractivity contribution is 5.94. The molecule has 17 heavy (non-hydrogen) atoms. The number of hydrogen-bond acceptors (Lipinski definition) is 2. The molecule has 0 aliphatic rings. The summed E-state index contributed by atoms with van der Waals surface area (Å²) >= 11 is 0. The molecule has 0 aromatic heterocycles. The maximum absolute atomic E-state index is 13.4. The molecule has 0 fully saturated rings. The van der Waals surface area contributed by atoms with Gasteiger partial charge in [0.2, 0.25) is 0 Å². The van der Waals surface area contributed by atoms with Crippen LogP contribution < -0.4 is 0 Å². The lowest BCUT2D eigenvalue weighted by molar-refractivity contribution is 0.0762. The van der Waals surface area contributed by atoms with E-state index in [0.717, 1.165) is 18.2 Å². The summed E-state index contributed by atoms with van der Waals surface area (Å²) in [5.74, 6) is -2.02. The highest BCUT2D eigenvalue weighted by Gasteiger charge is 2.18. The molecule has 0 aliphatic heterocycles. The summed E-state index contributed by atoms with van der Waals surface area (Å²) in [5.41, 5.74) is -0.301. The zero-order valence-corrected chi connectivity index (χ0v) is 9.41. The fourth-order valence-corrected chi connectivity index (χ4v) is 1.42. The van der Waals surface area contributed by atoms with Crippen molar-refractivity contribution in [2.24, 2.45) is 0 Å². The number of rotatable bonds is 4. The quantitative estimate of drug-likeness (QED) is 0.808. The van der Waals surface area contributed by atoms with Gasteiger partial charge in [-0.15, -0.1) is 0 Å². The molecule has 0 heterocycles. The first-order valence-electron chi connectivity index (χ1n) is 5.21. The predicted molar refractivity (Wildman–Crippen MR) is 58.2 cm³/mol. The van der Waals surface area contributed by atoms with E-state index in [1.807, 2.05) is 6.07 Å². The summed E-state index contributed by atoms with van der Waals surface area (Å²) in [4.78, 5) is 13.2. The molecule has 0 N–H and O–H groups in total. The standard InChI is InChI=1S/C12H12F2N2O/c1-2-16(7-3-6-15)12(17)10-8-9(13)4-5-11(10)14/h4-5,8H,2-3,7H2,1H3. The van der Waals surface area contributed by atoms with E-state index in [2.05, 4.69) is 0 Å². The van der Waals surface area contributed by atoms with Crippen LogP contribution in [0.4, 0.5) is 8.78 Å². The topological polar surface area (TPSA) is 44.1 Å². The number of carbonyl (C=O) groups is 1. The van der Waals surface area contributed by atoms with Crippen LogP contribution in [0.3, 0.4) is 0 Å². The Bertz CT molecular complexity index is 454. The zero-order valence-electron chi connectivity index (χ0n) is 9.41. The van der Waals surface area contributed by atoms with E-state index in [-0.39, 0.29) is 18.5 Å². The molecule has 0 unspecified atom stereocenters. The second kappa shape index (κ2) is 5.94. The molecule has 5 heteroatoms. The maximum Gasteiger partial charge on any atom is 0.256 e. The van der Waals surface area contributed by atoms with Gasteiger partial charge in [0, 0.05) is 13.1 Å². The molecule has 1 aromatic rings. The van der Waals surface area contributed by atoms with E-state index >= 15 is 0 Å². The minimum atomic E-state index is -0.758. The van der Waals surface area contributed by atoms with Crippen LogP contribution in [0.25, 0.3) is 0 Å². The van der Waals surface area contributed by atoms with E-state index in [0.29, 0.717) is 6.54 Å². The Morgan fingerprint density at radius 2 is 2.18 bits per heavy atom. The minimum Gasteiger partial charge on any atom is -0.338 e. The van der Waals surface area contributed by atoms with Crippen LogP contribution in [0, 0.1) is 23.0 Å². The SMILES string of the molecule is CCN(CCC#N)C(=O)c1cc(F)ccc1F. The summed E-state index contributed by atoms with van der Waals surface area (Å²) in [6, 6.07) is 4.64. The molecule has 0 saturated carbocycles. The van der Waals surface area contributed by atoms with E-state index < -0.39 is 17.5 Å². The van der Waals surface area contributed by atoms with Crippen LogP contribution in [0.2, 0.25) is 0 Å². The zero-order chi connectivity index (χ0) is 12.8. The van der Waals surface area contributed by atoms with Crippen LogP contribution in [-0.4, -0.2) is 23.9 Å². The van der Waals surface area contributed by atoms with Crippen LogP contribution in [0.15, 0.2) is 18.2 Å². The fraction of sp³-hybridized carbons (Fsp3) is 0.333. The molecule has 0 aliphatic carbocycles. The van der Waals surface area contributed by atoms with Crippen LogP contribution in [0.1, 0.15) is 23.7 Å². The Morgan fingerprint density at radius 3 is 2.76 bits per heavy atom. The molecule has 0 spiro atoms. The van der Waals surface area contributed by atoms with Gasteiger partial charge in [-0.25, -0.2) is 8.78 Å². The van der Waals surface area contributed by atoms with Crippen molar-refractivity contribution >= 4 is 5.91 Å². The monoisotopic (exact) mass is 238 g/mol. The molecule has 3 nitrogen and oxygen atoms in total. The predicted octanol–water partition coefficient (Wildman–Crippen LogP) is 2.34. The van der Waals surface area contributed by atoms with Crippen LogP contribution in [0.5, 0.6) is 0 Å². The average molecular weight is 238 g/mol. The third-order valence-corrected chi connectivity index (χ3v) is 2.32. The number of amides is 1. The summed E-state index contributed by atoms with van der Waals surface area (Å²) in [7, 11) is 0. The smallest absolute Gasteiger partial charge is 0.256 e. The molecule has 0 atom stereocenters. The third kappa shape index (κ3) is 3.25. The van der Waals surface area contributed by atoms with Gasteiger partial charge >= 0.3 is 0 Å². The number of halogens is 2. The summed E-state index contributed by atoms with van der Waals surface area (Å²) < 4.78 is 26.3. The molecular weight excluding hydrogens is 226 g/mol. The Balaban J connectivity index is 2.94. The Morgan fingerprint density at radius 1 is 1.47 bits per heavy atom. The molecule has 0 bridgehead atoms. The Hall–Kier alpha value is -1.96. The highest BCUT2D eigenvalue weighted by Crippen LogP contribution is 2.12. The highest BCUT2D eigenvalue weighted by atomic mass is 19.1. The van der Waals surface area contributed by atoms with E-state index in [9.17, 15) is 13.6 Å². The van der Waals surface area contributed by atoms with Gasteiger partial charge in [0.15, 0.2) is 0 Å². The van der Waals surface area contributed by atoms with Gasteiger partial charge in [-0.1, -0.05) is 0 Å². The Labute approximate surface area is 98.3 Å². The summed E-state index contributed by atoms with van der Waals surface area (Å²) in [5, 5.41) is 8.44. The summed E-state index contributed by atoms with van der Waals surface area (Å²) in [6.45, 7) is 2.27. The van der Waals surface area contributed by atoms with Crippen LogP contribution >= 0.6 is 0 Å². The first-order valence-corrected chi connectivity index (χ1v) is 5.21. The second-order valence-corrected chi connectivity index (χ2v) is 3.42. The molecule has 1 amide bonds. The lowest BCUT2D eigenvalue weighted by Gasteiger charge is -2.19. The first kappa shape index (κ1) is 13.1. The van der Waals surface area contributed by atoms with Crippen molar-refractivity contribution in [3.05, 3.63) is 35.4 Å². The van der Waals surface area contributed by atoms with Gasteiger partial charge in [-0.05, 0) is 25.1 Å². The van der Waals surface area contributed by atoms with Crippen molar-refractivity contribution in [3.8, 4) is 6.07 Å². The van der Waals surface area contributed by atoms with Gasteiger partial charge in [0.25, 0.3) is 5.91 Å². The van der Waals surface area contributed by atoms with Crippen LogP contribution in [-0.2, 0) is 0 Å². The molecule has 1 aromatic carbocycles. The van der Waals surface area contributed by atoms with Gasteiger partial charge in [-0.3, -0.25) is 4.79 Å². The van der Waals surface area contributed by atoms with E-state index in [1.165, 1.54) is 4.90 Å². The minimum absolute atomic E-state index is 0.163. The second-order valence-electron chi connectivity index (χ2n) is 3.42. The van der Waals surface area contributed by atoms with Gasteiger partial charge in [-0.2, -0.15) is 5.26 Å². The molecule has 1 rings (SSSR count). The fourth-order valence-electron chi connectivity index (χ4n) is 1.42. The number of hydrogen-bond donors (Lipinski definition) is 0. The van der Waals surface area contributed by atoms with E-state index in [4.69, 9.17) is 5.26 Å². The van der Waals surface area contributed by atoms with Crippen molar-refractivity contribution in [3.63, 3.8) is 0 Å². The number of nitrogens with zero attached hydrogens (tertiary/aromatic N) is 2. The largest absolute Gasteiger partial charge is 0.338 e. The van der Waals surface area contributed by atoms with Gasteiger partial charge in [0.05, 0.1) is 18.1 Å². The van der Waals surface area contributed by atoms with Gasteiger partial charge in [0.1, 0.15) is 11.6 Å². The Kier molecular flexibility index (Phi) is 4.58. The van der Waals surface area contributed by atoms with Crippen molar-refractivity contribution < 1.29 is 13.6 Å². The number of nitriles is 1. The third-order valence-electron chi connectivity index (χ3n) is 2.32. The maximum atomic E-state index is 13.4. The summed E-state index contributed by atoms with van der Waals surface area (Å²) in [6.07, 6.45) is 0.163. The van der Waals surface area contributed by atoms with Crippen molar-refractivity contribution in [1.82, 2.24) is 4.90 Å². The molecule has 90 valence electrons. The molecule has 0 saturated heterocycles.